The topological polar surface area (TPSA) is 20.3 Å². The molecule has 0 aliphatic carbocycles. The molecule has 0 unspecified atom stereocenters. The molecule has 0 heterocycles. The van der Waals surface area contributed by atoms with Gasteiger partial charge in [0.05, 0.1) is 10.0 Å². The van der Waals surface area contributed by atoms with Crippen molar-refractivity contribution in [1.29, 1.82) is 0 Å². The number of carbonyl (C=O) groups is 1. The van der Waals surface area contributed by atoms with Gasteiger partial charge in [-0.2, -0.15) is 0 Å². The largest absolute Gasteiger partial charge is 0.334 e. The fraction of sp³-hybridized carbons (Fsp3) is 0.174. The maximum atomic E-state index is 12.9. The van der Waals surface area contributed by atoms with Gasteiger partial charge in [0.15, 0.2) is 0 Å². The molecular weight excluding hydrogens is 377 g/mol. The van der Waals surface area contributed by atoms with Gasteiger partial charge < -0.3 is 4.90 Å². The first-order valence-corrected chi connectivity index (χ1v) is 9.67. The lowest BCUT2D eigenvalue weighted by atomic mass is 10.1. The van der Waals surface area contributed by atoms with E-state index in [2.05, 4.69) is 0 Å². The number of halogens is 2. The summed E-state index contributed by atoms with van der Waals surface area (Å²) in [6.07, 6.45) is 1.06. The van der Waals surface area contributed by atoms with Crippen LogP contribution in [0.4, 0.5) is 0 Å². The highest BCUT2D eigenvalue weighted by atomic mass is 35.5. The third-order valence-electron chi connectivity index (χ3n) is 4.40. The van der Waals surface area contributed by atoms with E-state index in [-0.39, 0.29) is 5.91 Å². The van der Waals surface area contributed by atoms with Crippen LogP contribution in [-0.4, -0.2) is 10.8 Å². The lowest BCUT2D eigenvalue weighted by Gasteiger charge is -2.23. The third-order valence-corrected chi connectivity index (χ3v) is 5.14. The van der Waals surface area contributed by atoms with Crippen molar-refractivity contribution in [2.45, 2.75) is 25.9 Å². The number of rotatable bonds is 7. The molecule has 4 heteroatoms. The number of aryl methyl sites for hydroxylation is 1. The van der Waals surface area contributed by atoms with Crippen LogP contribution in [-0.2, 0) is 24.3 Å². The predicted octanol–water partition coefficient (Wildman–Crippen LogP) is 6.16. The van der Waals surface area contributed by atoms with Crippen molar-refractivity contribution in [2.75, 3.05) is 0 Å². The molecule has 0 atom stereocenters. The number of hydrogen-bond acceptors (Lipinski definition) is 1. The maximum absolute atomic E-state index is 12.9. The molecule has 0 spiro atoms. The summed E-state index contributed by atoms with van der Waals surface area (Å²) in [5, 5.41) is 1.05. The minimum absolute atomic E-state index is 0.119. The molecule has 2 nitrogen and oxygen atoms in total. The Morgan fingerprint density at radius 2 is 1.26 bits per heavy atom. The molecule has 27 heavy (non-hydrogen) atoms. The van der Waals surface area contributed by atoms with Gasteiger partial charge in [-0.3, -0.25) is 4.79 Å². The number of amides is 1. The molecule has 0 fully saturated rings. The second-order valence-corrected chi connectivity index (χ2v) is 7.28. The number of carbonyl (C=O) groups excluding carboxylic acids is 1. The Bertz CT molecular complexity index is 840. The first kappa shape index (κ1) is 19.5. The average Bonchev–Trinajstić information content (AvgIpc) is 2.70. The molecule has 0 saturated carbocycles. The highest BCUT2D eigenvalue weighted by Gasteiger charge is 2.15. The van der Waals surface area contributed by atoms with Crippen LogP contribution in [0, 0.1) is 0 Å². The van der Waals surface area contributed by atoms with Crippen molar-refractivity contribution in [3.8, 4) is 0 Å². The molecule has 0 bridgehead atoms. The van der Waals surface area contributed by atoms with Crippen LogP contribution in [0.25, 0.3) is 0 Å². The normalized spacial score (nSPS) is 10.6. The minimum Gasteiger partial charge on any atom is -0.334 e. The SMILES string of the molecule is O=C(CCc1ccc(Cl)c(Cl)c1)N(Cc1ccccc1)Cc1ccccc1. The number of hydrogen-bond donors (Lipinski definition) is 0. The molecule has 0 aliphatic rings. The van der Waals surface area contributed by atoms with E-state index in [1.807, 2.05) is 77.7 Å². The molecule has 3 rings (SSSR count). The molecule has 0 saturated heterocycles. The Morgan fingerprint density at radius 3 is 1.78 bits per heavy atom. The van der Waals surface area contributed by atoms with Gasteiger partial charge in [0, 0.05) is 19.5 Å². The van der Waals surface area contributed by atoms with Gasteiger partial charge in [0.1, 0.15) is 0 Å². The Hall–Kier alpha value is -2.29. The van der Waals surface area contributed by atoms with Crippen molar-refractivity contribution >= 4 is 29.1 Å². The van der Waals surface area contributed by atoms with Gasteiger partial charge in [0.25, 0.3) is 0 Å². The molecule has 0 aromatic heterocycles. The van der Waals surface area contributed by atoms with E-state index in [0.29, 0.717) is 36.0 Å². The van der Waals surface area contributed by atoms with E-state index in [9.17, 15) is 4.79 Å². The van der Waals surface area contributed by atoms with Crippen LogP contribution < -0.4 is 0 Å². The Labute approximate surface area is 170 Å². The highest BCUT2D eigenvalue weighted by molar-refractivity contribution is 6.42. The summed E-state index contributed by atoms with van der Waals surface area (Å²) in [5.74, 6) is 0.119. The third kappa shape index (κ3) is 5.85. The van der Waals surface area contributed by atoms with Gasteiger partial charge in [-0.1, -0.05) is 89.9 Å². The Morgan fingerprint density at radius 1 is 0.704 bits per heavy atom. The fourth-order valence-electron chi connectivity index (χ4n) is 2.94. The van der Waals surface area contributed by atoms with E-state index in [1.54, 1.807) is 6.07 Å². The summed E-state index contributed by atoms with van der Waals surface area (Å²) in [4.78, 5) is 14.8. The minimum atomic E-state index is 0.119. The van der Waals surface area contributed by atoms with Crippen molar-refractivity contribution in [3.05, 3.63) is 106 Å². The molecule has 3 aromatic carbocycles. The van der Waals surface area contributed by atoms with Crippen LogP contribution in [0.5, 0.6) is 0 Å². The number of nitrogens with zero attached hydrogens (tertiary/aromatic N) is 1. The smallest absolute Gasteiger partial charge is 0.223 e. The summed E-state index contributed by atoms with van der Waals surface area (Å²) >= 11 is 12.0. The summed E-state index contributed by atoms with van der Waals surface area (Å²) in [5.41, 5.74) is 3.25. The molecule has 138 valence electrons. The van der Waals surface area contributed by atoms with Crippen molar-refractivity contribution in [3.63, 3.8) is 0 Å². The zero-order valence-corrected chi connectivity index (χ0v) is 16.5. The van der Waals surface area contributed by atoms with Crippen molar-refractivity contribution < 1.29 is 4.79 Å². The number of benzene rings is 3. The molecular formula is C23H21Cl2NO. The van der Waals surface area contributed by atoms with E-state index in [0.717, 1.165) is 16.7 Å². The van der Waals surface area contributed by atoms with E-state index < -0.39 is 0 Å². The van der Waals surface area contributed by atoms with Gasteiger partial charge in [-0.25, -0.2) is 0 Å². The van der Waals surface area contributed by atoms with E-state index in [1.165, 1.54) is 0 Å². The zero-order valence-electron chi connectivity index (χ0n) is 14.9. The molecule has 3 aromatic rings. The maximum Gasteiger partial charge on any atom is 0.223 e. The Balaban J connectivity index is 1.70. The first-order valence-electron chi connectivity index (χ1n) is 8.91. The summed E-state index contributed by atoms with van der Waals surface area (Å²) in [7, 11) is 0. The average molecular weight is 398 g/mol. The van der Waals surface area contributed by atoms with Crippen LogP contribution in [0.3, 0.4) is 0 Å². The lowest BCUT2D eigenvalue weighted by molar-refractivity contribution is -0.132. The second kappa shape index (κ2) is 9.59. The van der Waals surface area contributed by atoms with E-state index >= 15 is 0 Å². The zero-order chi connectivity index (χ0) is 19.1. The Kier molecular flexibility index (Phi) is 6.92. The van der Waals surface area contributed by atoms with Crippen LogP contribution in [0.15, 0.2) is 78.9 Å². The second-order valence-electron chi connectivity index (χ2n) is 6.47. The van der Waals surface area contributed by atoms with Gasteiger partial charge in [-0.05, 0) is 35.2 Å². The van der Waals surface area contributed by atoms with Crippen LogP contribution in [0.2, 0.25) is 10.0 Å². The van der Waals surface area contributed by atoms with Gasteiger partial charge in [-0.15, -0.1) is 0 Å². The molecule has 0 radical (unpaired) electrons. The molecule has 0 aliphatic heterocycles. The predicted molar refractivity (Wildman–Crippen MR) is 112 cm³/mol. The lowest BCUT2D eigenvalue weighted by Crippen LogP contribution is -2.30. The standard InChI is InChI=1S/C23H21Cl2NO/c24-21-13-11-18(15-22(21)25)12-14-23(27)26(16-19-7-3-1-4-8-19)17-20-9-5-2-6-10-20/h1-11,13,15H,12,14,16-17H2. The van der Waals surface area contributed by atoms with Gasteiger partial charge >= 0.3 is 0 Å². The summed E-state index contributed by atoms with van der Waals surface area (Å²) in [6.45, 7) is 1.19. The monoisotopic (exact) mass is 397 g/mol. The molecule has 0 N–H and O–H groups in total. The van der Waals surface area contributed by atoms with Gasteiger partial charge in [0.2, 0.25) is 5.91 Å². The molecule has 1 amide bonds. The quantitative estimate of drug-likeness (QED) is 0.467. The highest BCUT2D eigenvalue weighted by Crippen LogP contribution is 2.23. The summed E-state index contributed by atoms with van der Waals surface area (Å²) < 4.78 is 0. The van der Waals surface area contributed by atoms with Crippen molar-refractivity contribution in [2.24, 2.45) is 0 Å². The fourth-order valence-corrected chi connectivity index (χ4v) is 3.27. The van der Waals surface area contributed by atoms with E-state index in [4.69, 9.17) is 23.2 Å². The summed E-state index contributed by atoms with van der Waals surface area (Å²) in [6, 6.07) is 25.7. The van der Waals surface area contributed by atoms with Crippen molar-refractivity contribution in [1.82, 2.24) is 4.90 Å². The van der Waals surface area contributed by atoms with Crippen LogP contribution in [0.1, 0.15) is 23.1 Å². The van der Waals surface area contributed by atoms with Crippen LogP contribution >= 0.6 is 23.2 Å². The first-order chi connectivity index (χ1) is 13.1.